The van der Waals surface area contributed by atoms with E-state index in [4.69, 9.17) is 4.74 Å². The molecule has 5 heteroatoms. The van der Waals surface area contributed by atoms with E-state index in [-0.39, 0.29) is 5.91 Å². The zero-order valence-electron chi connectivity index (χ0n) is 12.8. The third kappa shape index (κ3) is 3.64. The summed E-state index contributed by atoms with van der Waals surface area (Å²) in [6.07, 6.45) is 3.57. The molecule has 1 heterocycles. The van der Waals surface area contributed by atoms with E-state index in [0.29, 0.717) is 12.2 Å². The molecule has 5 nitrogen and oxygen atoms in total. The number of hydrogen-bond acceptors (Lipinski definition) is 3. The number of hydrogen-bond donors (Lipinski definition) is 1. The van der Waals surface area contributed by atoms with Gasteiger partial charge in [0.2, 0.25) is 0 Å². The molecule has 0 radical (unpaired) electrons. The number of carbonyl (C=O) groups excluding carboxylic acids is 1. The van der Waals surface area contributed by atoms with Gasteiger partial charge in [-0.25, -0.2) is 4.68 Å². The maximum absolute atomic E-state index is 12.3. The number of nitrogens with zero attached hydrogens (tertiary/aromatic N) is 2. The van der Waals surface area contributed by atoms with Gasteiger partial charge in [-0.05, 0) is 48.0 Å². The van der Waals surface area contributed by atoms with E-state index in [1.54, 1.807) is 30.1 Å². The van der Waals surface area contributed by atoms with Crippen molar-refractivity contribution in [3.05, 3.63) is 78.1 Å². The molecule has 1 aromatic heterocycles. The van der Waals surface area contributed by atoms with Crippen molar-refractivity contribution in [1.29, 1.82) is 0 Å². The van der Waals surface area contributed by atoms with Crippen LogP contribution < -0.4 is 5.32 Å². The quantitative estimate of drug-likeness (QED) is 0.787. The summed E-state index contributed by atoms with van der Waals surface area (Å²) in [5.74, 6) is -0.147. The van der Waals surface area contributed by atoms with Crippen LogP contribution in [0.15, 0.2) is 67.0 Å². The SMILES string of the molecule is COCc1cccc(NC(=O)c2ccc(-n3cccn3)cc2)c1. The van der Waals surface area contributed by atoms with Gasteiger partial charge < -0.3 is 10.1 Å². The van der Waals surface area contributed by atoms with Gasteiger partial charge in [-0.3, -0.25) is 4.79 Å². The Morgan fingerprint density at radius 1 is 1.17 bits per heavy atom. The number of nitrogens with one attached hydrogen (secondary N) is 1. The lowest BCUT2D eigenvalue weighted by atomic mass is 10.1. The van der Waals surface area contributed by atoms with Crippen molar-refractivity contribution in [2.24, 2.45) is 0 Å². The largest absolute Gasteiger partial charge is 0.380 e. The fourth-order valence-corrected chi connectivity index (χ4v) is 2.30. The molecule has 0 spiro atoms. The Bertz CT molecular complexity index is 780. The first kappa shape index (κ1) is 15.0. The lowest BCUT2D eigenvalue weighted by molar-refractivity contribution is 0.102. The summed E-state index contributed by atoms with van der Waals surface area (Å²) in [4.78, 5) is 12.3. The molecule has 0 atom stereocenters. The van der Waals surface area contributed by atoms with Crippen LogP contribution in [0.1, 0.15) is 15.9 Å². The molecule has 23 heavy (non-hydrogen) atoms. The van der Waals surface area contributed by atoms with E-state index >= 15 is 0 Å². The minimum atomic E-state index is -0.147. The molecule has 0 aliphatic carbocycles. The van der Waals surface area contributed by atoms with Crippen molar-refractivity contribution >= 4 is 11.6 Å². The molecular weight excluding hydrogens is 290 g/mol. The molecule has 0 unspecified atom stereocenters. The van der Waals surface area contributed by atoms with Crippen LogP contribution in [0, 0.1) is 0 Å². The van der Waals surface area contributed by atoms with Crippen LogP contribution >= 0.6 is 0 Å². The number of benzene rings is 2. The van der Waals surface area contributed by atoms with Crippen molar-refractivity contribution in [1.82, 2.24) is 9.78 Å². The highest BCUT2D eigenvalue weighted by atomic mass is 16.5. The molecule has 2 aromatic carbocycles. The zero-order valence-corrected chi connectivity index (χ0v) is 12.8. The first-order valence-corrected chi connectivity index (χ1v) is 7.25. The minimum Gasteiger partial charge on any atom is -0.380 e. The Hall–Kier alpha value is -2.92. The van der Waals surface area contributed by atoms with Crippen molar-refractivity contribution in [3.63, 3.8) is 0 Å². The third-order valence-electron chi connectivity index (χ3n) is 3.39. The lowest BCUT2D eigenvalue weighted by Gasteiger charge is -2.08. The van der Waals surface area contributed by atoms with Crippen LogP contribution in [-0.4, -0.2) is 22.8 Å². The van der Waals surface area contributed by atoms with Gasteiger partial charge in [0, 0.05) is 30.8 Å². The van der Waals surface area contributed by atoms with Crippen molar-refractivity contribution < 1.29 is 9.53 Å². The molecule has 1 amide bonds. The normalized spacial score (nSPS) is 10.5. The van der Waals surface area contributed by atoms with Gasteiger partial charge in [-0.15, -0.1) is 0 Å². The Morgan fingerprint density at radius 2 is 2.00 bits per heavy atom. The lowest BCUT2D eigenvalue weighted by Crippen LogP contribution is -2.12. The smallest absolute Gasteiger partial charge is 0.255 e. The van der Waals surface area contributed by atoms with E-state index in [2.05, 4.69) is 10.4 Å². The topological polar surface area (TPSA) is 56.1 Å². The van der Waals surface area contributed by atoms with Gasteiger partial charge in [0.1, 0.15) is 0 Å². The summed E-state index contributed by atoms with van der Waals surface area (Å²) in [6.45, 7) is 0.516. The van der Waals surface area contributed by atoms with Crippen LogP contribution in [0.4, 0.5) is 5.69 Å². The third-order valence-corrected chi connectivity index (χ3v) is 3.39. The van der Waals surface area contributed by atoms with E-state index < -0.39 is 0 Å². The standard InChI is InChI=1S/C18H17N3O2/c1-23-13-14-4-2-5-16(12-14)20-18(22)15-6-8-17(9-7-15)21-11-3-10-19-21/h2-12H,13H2,1H3,(H,20,22). The van der Waals surface area contributed by atoms with Gasteiger partial charge in [0.15, 0.2) is 0 Å². The van der Waals surface area contributed by atoms with Crippen LogP contribution in [0.25, 0.3) is 5.69 Å². The van der Waals surface area contributed by atoms with Gasteiger partial charge in [-0.2, -0.15) is 5.10 Å². The Balaban J connectivity index is 1.72. The van der Waals surface area contributed by atoms with Crippen molar-refractivity contribution in [2.75, 3.05) is 12.4 Å². The maximum atomic E-state index is 12.3. The van der Waals surface area contributed by atoms with Gasteiger partial charge >= 0.3 is 0 Å². The molecule has 0 saturated heterocycles. The minimum absolute atomic E-state index is 0.147. The Kier molecular flexibility index (Phi) is 4.49. The summed E-state index contributed by atoms with van der Waals surface area (Å²) in [5.41, 5.74) is 3.27. The molecule has 3 rings (SSSR count). The monoisotopic (exact) mass is 307 g/mol. The first-order valence-electron chi connectivity index (χ1n) is 7.25. The molecule has 0 aliphatic rings. The van der Waals surface area contributed by atoms with E-state index in [0.717, 1.165) is 16.9 Å². The fraction of sp³-hybridized carbons (Fsp3) is 0.111. The van der Waals surface area contributed by atoms with Gasteiger partial charge in [0.05, 0.1) is 12.3 Å². The zero-order chi connectivity index (χ0) is 16.1. The second-order valence-electron chi connectivity index (χ2n) is 5.09. The molecule has 0 aliphatic heterocycles. The summed E-state index contributed by atoms with van der Waals surface area (Å²) in [7, 11) is 1.65. The number of ether oxygens (including phenoxy) is 1. The van der Waals surface area contributed by atoms with E-state index in [9.17, 15) is 4.79 Å². The van der Waals surface area contributed by atoms with Crippen LogP contribution in [0.2, 0.25) is 0 Å². The maximum Gasteiger partial charge on any atom is 0.255 e. The summed E-state index contributed by atoms with van der Waals surface area (Å²) < 4.78 is 6.85. The molecule has 1 N–H and O–H groups in total. The van der Waals surface area contributed by atoms with Gasteiger partial charge in [-0.1, -0.05) is 12.1 Å². The average molecular weight is 307 g/mol. The van der Waals surface area contributed by atoms with Crippen LogP contribution in [-0.2, 0) is 11.3 Å². The molecule has 0 bridgehead atoms. The van der Waals surface area contributed by atoms with Crippen LogP contribution in [0.5, 0.6) is 0 Å². The molecule has 116 valence electrons. The number of anilines is 1. The molecule has 0 fully saturated rings. The number of carbonyl (C=O) groups is 1. The Morgan fingerprint density at radius 3 is 2.70 bits per heavy atom. The van der Waals surface area contributed by atoms with Crippen molar-refractivity contribution in [2.45, 2.75) is 6.61 Å². The number of aromatic nitrogens is 2. The highest BCUT2D eigenvalue weighted by Gasteiger charge is 2.07. The summed E-state index contributed by atoms with van der Waals surface area (Å²) in [6, 6.07) is 16.8. The van der Waals surface area contributed by atoms with Crippen LogP contribution in [0.3, 0.4) is 0 Å². The number of amides is 1. The highest BCUT2D eigenvalue weighted by molar-refractivity contribution is 6.04. The molecule has 0 saturated carbocycles. The average Bonchev–Trinajstić information content (AvgIpc) is 3.10. The molecule has 3 aromatic rings. The number of methoxy groups -OCH3 is 1. The highest BCUT2D eigenvalue weighted by Crippen LogP contribution is 2.14. The van der Waals surface area contributed by atoms with Gasteiger partial charge in [0.25, 0.3) is 5.91 Å². The summed E-state index contributed by atoms with van der Waals surface area (Å²) in [5, 5.41) is 7.05. The summed E-state index contributed by atoms with van der Waals surface area (Å²) >= 11 is 0. The molecular formula is C18H17N3O2. The second-order valence-corrected chi connectivity index (χ2v) is 5.09. The van der Waals surface area contributed by atoms with Crippen molar-refractivity contribution in [3.8, 4) is 5.69 Å². The van der Waals surface area contributed by atoms with E-state index in [1.807, 2.05) is 48.7 Å². The predicted molar refractivity (Wildman–Crippen MR) is 88.7 cm³/mol. The predicted octanol–water partition coefficient (Wildman–Crippen LogP) is 3.27. The fourth-order valence-electron chi connectivity index (χ4n) is 2.30. The first-order chi connectivity index (χ1) is 11.3. The second kappa shape index (κ2) is 6.89. The van der Waals surface area contributed by atoms with E-state index in [1.165, 1.54) is 0 Å². The number of rotatable bonds is 5. The Labute approximate surface area is 134 Å².